The van der Waals surface area contributed by atoms with Crippen molar-refractivity contribution in [2.45, 2.75) is 13.1 Å². The Labute approximate surface area is 116 Å². The molecule has 0 aliphatic rings. The third-order valence-electron chi connectivity index (χ3n) is 3.00. The second-order valence-electron chi connectivity index (χ2n) is 4.69. The van der Waals surface area contributed by atoms with E-state index < -0.39 is 0 Å². The Kier molecular flexibility index (Phi) is 4.33. The molecule has 0 bridgehead atoms. The van der Waals surface area contributed by atoms with Crippen LogP contribution in [0.4, 0.5) is 0 Å². The van der Waals surface area contributed by atoms with E-state index in [0.717, 1.165) is 5.56 Å². The minimum absolute atomic E-state index is 0.357. The number of hydrogen-bond donors (Lipinski definition) is 0. The molecule has 0 aromatic heterocycles. The van der Waals surface area contributed by atoms with E-state index in [2.05, 4.69) is 55.6 Å². The molecule has 93 valence electrons. The van der Waals surface area contributed by atoms with Crippen molar-refractivity contribution in [1.82, 2.24) is 0 Å². The molecule has 0 saturated carbocycles. The van der Waals surface area contributed by atoms with Gasteiger partial charge in [0.1, 0.15) is 0 Å². The van der Waals surface area contributed by atoms with Crippen molar-refractivity contribution in [2.24, 2.45) is 0 Å². The second kappa shape index (κ2) is 6.17. The van der Waals surface area contributed by atoms with E-state index in [1.54, 1.807) is 0 Å². The van der Waals surface area contributed by atoms with Gasteiger partial charge in [-0.15, -0.1) is 0 Å². The number of benzene rings is 2. The normalized spacial score (nSPS) is 10.8. The molecule has 0 spiro atoms. The van der Waals surface area contributed by atoms with Crippen LogP contribution in [0.1, 0.15) is 16.7 Å². The molecule has 0 aliphatic carbocycles. The molecule has 2 heteroatoms. The van der Waals surface area contributed by atoms with Gasteiger partial charge in [-0.25, -0.2) is 0 Å². The summed E-state index contributed by atoms with van der Waals surface area (Å²) >= 11 is 0. The van der Waals surface area contributed by atoms with Gasteiger partial charge in [-0.05, 0) is 23.3 Å². The van der Waals surface area contributed by atoms with Gasteiger partial charge in [-0.2, -0.15) is 5.26 Å². The summed E-state index contributed by atoms with van der Waals surface area (Å²) in [6, 6.07) is 18.5. The van der Waals surface area contributed by atoms with E-state index in [1.807, 2.05) is 24.3 Å². The minimum atomic E-state index is -0.357. The van der Waals surface area contributed by atoms with Gasteiger partial charge in [0, 0.05) is 0 Å². The van der Waals surface area contributed by atoms with E-state index in [4.69, 9.17) is 5.26 Å². The van der Waals surface area contributed by atoms with Crippen LogP contribution in [0.5, 0.6) is 0 Å². The lowest BCUT2D eigenvalue weighted by Gasteiger charge is -2.03. The Balaban J connectivity index is 2.11. The van der Waals surface area contributed by atoms with Crippen molar-refractivity contribution in [3.63, 3.8) is 0 Å². The maximum absolute atomic E-state index is 8.74. The Morgan fingerprint density at radius 2 is 1.32 bits per heavy atom. The van der Waals surface area contributed by atoms with Gasteiger partial charge in [-0.1, -0.05) is 66.8 Å². The molecule has 0 aliphatic heterocycles. The van der Waals surface area contributed by atoms with Crippen LogP contribution in [0, 0.1) is 11.3 Å². The number of nitriles is 1. The summed E-state index contributed by atoms with van der Waals surface area (Å²) in [5, 5.41) is 10.2. The van der Waals surface area contributed by atoms with Crippen LogP contribution in [0.2, 0.25) is 13.1 Å². The zero-order valence-electron chi connectivity index (χ0n) is 11.2. The van der Waals surface area contributed by atoms with Gasteiger partial charge in [0.05, 0.1) is 20.4 Å². The Morgan fingerprint density at radius 3 is 1.74 bits per heavy atom. The SMILES string of the molecule is C[Si](C)c1ccc(/C=C/c2ccc(C#N)cc2)cc1. The van der Waals surface area contributed by atoms with Crippen LogP contribution >= 0.6 is 0 Å². The largest absolute Gasteiger partial charge is 0.192 e. The predicted octanol–water partition coefficient (Wildman–Crippen LogP) is 3.69. The maximum Gasteiger partial charge on any atom is 0.0991 e. The standard InChI is InChI=1S/C17H16NSi/c1-19(2)17-11-9-15(10-12-17)4-3-14-5-7-16(13-18)8-6-14/h3-12H,1-2H3/b4-3+. The molecule has 0 heterocycles. The van der Waals surface area contributed by atoms with E-state index >= 15 is 0 Å². The van der Waals surface area contributed by atoms with Crippen LogP contribution in [0.3, 0.4) is 0 Å². The van der Waals surface area contributed by atoms with Gasteiger partial charge in [0.25, 0.3) is 0 Å². The van der Waals surface area contributed by atoms with Gasteiger partial charge in [0.15, 0.2) is 0 Å². The second-order valence-corrected chi connectivity index (χ2v) is 7.27. The Bertz CT molecular complexity index is 601. The molecule has 0 saturated heterocycles. The highest BCUT2D eigenvalue weighted by Gasteiger charge is 1.99. The van der Waals surface area contributed by atoms with Gasteiger partial charge < -0.3 is 0 Å². The number of rotatable bonds is 3. The molecule has 0 fully saturated rings. The lowest BCUT2D eigenvalue weighted by atomic mass is 10.1. The molecular formula is C17H16NSi. The summed E-state index contributed by atoms with van der Waals surface area (Å²) in [6.45, 7) is 4.60. The van der Waals surface area contributed by atoms with Gasteiger partial charge in [-0.3, -0.25) is 0 Å². The smallest absolute Gasteiger partial charge is 0.0991 e. The molecule has 2 aromatic rings. The van der Waals surface area contributed by atoms with Crippen molar-refractivity contribution in [2.75, 3.05) is 0 Å². The average molecular weight is 262 g/mol. The minimum Gasteiger partial charge on any atom is -0.192 e. The highest BCUT2D eigenvalue weighted by molar-refractivity contribution is 6.70. The molecule has 1 radical (unpaired) electrons. The van der Waals surface area contributed by atoms with Crippen LogP contribution in [-0.4, -0.2) is 8.80 Å². The molecule has 1 nitrogen and oxygen atoms in total. The Hall–Kier alpha value is -2.11. The number of hydrogen-bond acceptors (Lipinski definition) is 1. The van der Waals surface area contributed by atoms with Gasteiger partial charge >= 0.3 is 0 Å². The first-order valence-electron chi connectivity index (χ1n) is 6.28. The third-order valence-corrected chi connectivity index (χ3v) is 4.48. The molecule has 2 aromatic carbocycles. The van der Waals surface area contributed by atoms with E-state index in [0.29, 0.717) is 5.56 Å². The molecule has 19 heavy (non-hydrogen) atoms. The summed E-state index contributed by atoms with van der Waals surface area (Å²) in [5.74, 6) is 0. The van der Waals surface area contributed by atoms with Crippen molar-refractivity contribution < 1.29 is 0 Å². The predicted molar refractivity (Wildman–Crippen MR) is 83.6 cm³/mol. The van der Waals surface area contributed by atoms with Crippen molar-refractivity contribution in [3.8, 4) is 6.07 Å². The van der Waals surface area contributed by atoms with E-state index in [9.17, 15) is 0 Å². The summed E-state index contributed by atoms with van der Waals surface area (Å²) in [4.78, 5) is 0. The monoisotopic (exact) mass is 262 g/mol. The van der Waals surface area contributed by atoms with E-state index in [1.165, 1.54) is 10.8 Å². The zero-order valence-corrected chi connectivity index (χ0v) is 12.2. The van der Waals surface area contributed by atoms with Crippen molar-refractivity contribution in [3.05, 3.63) is 65.2 Å². The summed E-state index contributed by atoms with van der Waals surface area (Å²) in [7, 11) is -0.357. The lowest BCUT2D eigenvalue weighted by Crippen LogP contribution is -2.21. The summed E-state index contributed by atoms with van der Waals surface area (Å²) in [6.07, 6.45) is 4.17. The molecule has 0 unspecified atom stereocenters. The molecule has 0 atom stereocenters. The third kappa shape index (κ3) is 3.67. The van der Waals surface area contributed by atoms with Crippen molar-refractivity contribution >= 4 is 26.1 Å². The van der Waals surface area contributed by atoms with E-state index in [-0.39, 0.29) is 8.80 Å². The fourth-order valence-electron chi connectivity index (χ4n) is 1.79. The summed E-state index contributed by atoms with van der Waals surface area (Å²) in [5.41, 5.74) is 3.01. The van der Waals surface area contributed by atoms with Crippen LogP contribution in [0.25, 0.3) is 12.2 Å². The quantitative estimate of drug-likeness (QED) is 0.611. The fraction of sp³-hybridized carbons (Fsp3) is 0.118. The van der Waals surface area contributed by atoms with Crippen LogP contribution < -0.4 is 5.19 Å². The summed E-state index contributed by atoms with van der Waals surface area (Å²) < 4.78 is 0. The topological polar surface area (TPSA) is 23.8 Å². The van der Waals surface area contributed by atoms with Crippen LogP contribution in [-0.2, 0) is 0 Å². The Morgan fingerprint density at radius 1 is 0.842 bits per heavy atom. The fourth-order valence-corrected chi connectivity index (χ4v) is 2.62. The first-order chi connectivity index (χ1) is 9.19. The van der Waals surface area contributed by atoms with Crippen LogP contribution in [0.15, 0.2) is 48.5 Å². The van der Waals surface area contributed by atoms with Gasteiger partial charge in [0.2, 0.25) is 0 Å². The highest BCUT2D eigenvalue weighted by Crippen LogP contribution is 2.09. The number of nitrogens with zero attached hydrogens (tertiary/aromatic N) is 1. The molecule has 2 rings (SSSR count). The molecular weight excluding hydrogens is 246 g/mol. The van der Waals surface area contributed by atoms with Crippen molar-refractivity contribution in [1.29, 1.82) is 5.26 Å². The molecule has 0 amide bonds. The first kappa shape index (κ1) is 13.3. The lowest BCUT2D eigenvalue weighted by molar-refractivity contribution is 1.48. The highest BCUT2D eigenvalue weighted by atomic mass is 28.3. The maximum atomic E-state index is 8.74. The first-order valence-corrected chi connectivity index (χ1v) is 8.78. The zero-order chi connectivity index (χ0) is 13.7. The average Bonchev–Trinajstić information content (AvgIpc) is 2.46. The molecule has 0 N–H and O–H groups in total.